The van der Waals surface area contributed by atoms with Crippen LogP contribution in [0.3, 0.4) is 0 Å². The van der Waals surface area contributed by atoms with E-state index in [0.29, 0.717) is 5.69 Å². The van der Waals surface area contributed by atoms with Crippen LogP contribution in [0, 0.1) is 0 Å². The number of aromatic nitrogens is 2. The monoisotopic (exact) mass is 316 g/mol. The number of ether oxygens (including phenoxy) is 1. The molecule has 7 heteroatoms. The van der Waals surface area contributed by atoms with E-state index in [-0.39, 0.29) is 18.9 Å². The molecule has 2 aromatic rings. The molecule has 1 aromatic carbocycles. The molecule has 0 aliphatic rings. The Morgan fingerprint density at radius 2 is 1.91 bits per heavy atom. The molecule has 0 aliphatic heterocycles. The fourth-order valence-electron chi connectivity index (χ4n) is 1.94. The minimum absolute atomic E-state index is 0.147. The first-order chi connectivity index (χ1) is 10.8. The van der Waals surface area contributed by atoms with Crippen molar-refractivity contribution in [2.24, 2.45) is 0 Å². The third kappa shape index (κ3) is 5.21. The summed E-state index contributed by atoms with van der Waals surface area (Å²) in [6.45, 7) is 5.54. The first-order valence-electron chi connectivity index (χ1n) is 7.31. The average Bonchev–Trinajstić information content (AvgIpc) is 2.45. The van der Waals surface area contributed by atoms with Gasteiger partial charge in [0.2, 0.25) is 5.91 Å². The zero-order valence-electron chi connectivity index (χ0n) is 13.4. The lowest BCUT2D eigenvalue weighted by atomic mass is 10.1. The lowest BCUT2D eigenvalue weighted by Crippen LogP contribution is -2.34. The van der Waals surface area contributed by atoms with Crippen LogP contribution < -0.4 is 10.6 Å². The van der Waals surface area contributed by atoms with E-state index in [1.165, 1.54) is 0 Å². The standard InChI is InChI=1S/C16H20N4O3/c1-16(2,3)23-15(22)17-8-7-14(21)20-13-6-4-5-11-9-18-19-10-12(11)13/h4-6,9-10H,7-8H2,1-3H3,(H,17,22)(H,20,21). The van der Waals surface area contributed by atoms with Gasteiger partial charge in [-0.1, -0.05) is 12.1 Å². The first kappa shape index (κ1) is 16.7. The maximum Gasteiger partial charge on any atom is 0.407 e. The van der Waals surface area contributed by atoms with Gasteiger partial charge in [-0.05, 0) is 26.8 Å². The lowest BCUT2D eigenvalue weighted by Gasteiger charge is -2.19. The summed E-state index contributed by atoms with van der Waals surface area (Å²) in [6.07, 6.45) is 2.85. The number of rotatable bonds is 4. The van der Waals surface area contributed by atoms with E-state index in [1.54, 1.807) is 39.2 Å². The predicted molar refractivity (Wildman–Crippen MR) is 87.0 cm³/mol. The normalized spacial score (nSPS) is 11.1. The highest BCUT2D eigenvalue weighted by Crippen LogP contribution is 2.21. The van der Waals surface area contributed by atoms with Crippen LogP contribution in [-0.2, 0) is 9.53 Å². The van der Waals surface area contributed by atoms with Gasteiger partial charge in [0.05, 0.1) is 18.1 Å². The molecular weight excluding hydrogens is 296 g/mol. The average molecular weight is 316 g/mol. The summed E-state index contributed by atoms with van der Waals surface area (Å²) >= 11 is 0. The Morgan fingerprint density at radius 3 is 2.65 bits per heavy atom. The van der Waals surface area contributed by atoms with Crippen molar-refractivity contribution in [2.75, 3.05) is 11.9 Å². The van der Waals surface area contributed by atoms with Crippen molar-refractivity contribution in [1.82, 2.24) is 15.5 Å². The number of benzene rings is 1. The van der Waals surface area contributed by atoms with Crippen molar-refractivity contribution in [3.05, 3.63) is 30.6 Å². The molecule has 0 unspecified atom stereocenters. The third-order valence-electron chi connectivity index (χ3n) is 2.88. The second-order valence-corrected chi connectivity index (χ2v) is 6.02. The quantitative estimate of drug-likeness (QED) is 0.904. The zero-order valence-corrected chi connectivity index (χ0v) is 13.4. The van der Waals surface area contributed by atoms with Gasteiger partial charge >= 0.3 is 6.09 Å². The molecule has 0 fully saturated rings. The molecule has 0 aliphatic carbocycles. The van der Waals surface area contributed by atoms with Gasteiger partial charge in [-0.25, -0.2) is 4.79 Å². The molecule has 0 atom stereocenters. The highest BCUT2D eigenvalue weighted by atomic mass is 16.6. The molecule has 0 radical (unpaired) electrons. The van der Waals surface area contributed by atoms with E-state index in [4.69, 9.17) is 4.74 Å². The van der Waals surface area contributed by atoms with Crippen LogP contribution in [0.15, 0.2) is 30.6 Å². The summed E-state index contributed by atoms with van der Waals surface area (Å²) < 4.78 is 5.10. The molecule has 2 rings (SSSR count). The number of fused-ring (bicyclic) bond motifs is 1. The van der Waals surface area contributed by atoms with Crippen molar-refractivity contribution < 1.29 is 14.3 Å². The van der Waals surface area contributed by atoms with Gasteiger partial charge in [0.25, 0.3) is 0 Å². The summed E-state index contributed by atoms with van der Waals surface area (Å²) in [6, 6.07) is 5.52. The van der Waals surface area contributed by atoms with E-state index in [0.717, 1.165) is 10.8 Å². The fraction of sp³-hybridized carbons (Fsp3) is 0.375. The van der Waals surface area contributed by atoms with Crippen LogP contribution >= 0.6 is 0 Å². The van der Waals surface area contributed by atoms with Crippen molar-refractivity contribution in [3.63, 3.8) is 0 Å². The van der Waals surface area contributed by atoms with Crippen LogP contribution in [0.2, 0.25) is 0 Å². The van der Waals surface area contributed by atoms with Crippen molar-refractivity contribution >= 4 is 28.5 Å². The zero-order chi connectivity index (χ0) is 16.9. The van der Waals surface area contributed by atoms with Gasteiger partial charge in [0, 0.05) is 23.7 Å². The Labute approximate surface area is 134 Å². The Hall–Kier alpha value is -2.70. The Kier molecular flexibility index (Phi) is 5.10. The van der Waals surface area contributed by atoms with Gasteiger partial charge < -0.3 is 15.4 Å². The molecule has 0 saturated heterocycles. The molecule has 0 bridgehead atoms. The van der Waals surface area contributed by atoms with Gasteiger partial charge in [-0.3, -0.25) is 4.79 Å². The largest absolute Gasteiger partial charge is 0.444 e. The molecule has 2 N–H and O–H groups in total. The molecule has 0 spiro atoms. The third-order valence-corrected chi connectivity index (χ3v) is 2.88. The van der Waals surface area contributed by atoms with E-state index in [9.17, 15) is 9.59 Å². The SMILES string of the molecule is CC(C)(C)OC(=O)NCCC(=O)Nc1cccc2cnncc12. The van der Waals surface area contributed by atoms with E-state index >= 15 is 0 Å². The van der Waals surface area contributed by atoms with Crippen molar-refractivity contribution in [3.8, 4) is 0 Å². The van der Waals surface area contributed by atoms with Crippen molar-refractivity contribution in [2.45, 2.75) is 32.8 Å². The van der Waals surface area contributed by atoms with Crippen LogP contribution in [0.5, 0.6) is 0 Å². The smallest absolute Gasteiger partial charge is 0.407 e. The number of anilines is 1. The second kappa shape index (κ2) is 7.04. The van der Waals surface area contributed by atoms with Gasteiger partial charge in [-0.2, -0.15) is 10.2 Å². The molecule has 23 heavy (non-hydrogen) atoms. The number of amides is 2. The van der Waals surface area contributed by atoms with Crippen LogP contribution in [0.4, 0.5) is 10.5 Å². The molecule has 1 heterocycles. The molecular formula is C16H20N4O3. The molecule has 2 amide bonds. The summed E-state index contributed by atoms with van der Waals surface area (Å²) in [7, 11) is 0. The number of hydrogen-bond donors (Lipinski definition) is 2. The summed E-state index contributed by atoms with van der Waals surface area (Å²) in [5.41, 5.74) is 0.107. The molecule has 1 aromatic heterocycles. The number of hydrogen-bond acceptors (Lipinski definition) is 5. The fourth-order valence-corrected chi connectivity index (χ4v) is 1.94. The highest BCUT2D eigenvalue weighted by molar-refractivity contribution is 6.01. The van der Waals surface area contributed by atoms with Gasteiger partial charge in [0.15, 0.2) is 0 Å². The van der Waals surface area contributed by atoms with E-state index in [2.05, 4.69) is 20.8 Å². The van der Waals surface area contributed by atoms with Crippen molar-refractivity contribution in [1.29, 1.82) is 0 Å². The summed E-state index contributed by atoms with van der Waals surface area (Å²) in [5.74, 6) is -0.203. The lowest BCUT2D eigenvalue weighted by molar-refractivity contribution is -0.116. The van der Waals surface area contributed by atoms with Gasteiger partial charge in [-0.15, -0.1) is 0 Å². The van der Waals surface area contributed by atoms with Crippen LogP contribution in [0.25, 0.3) is 10.8 Å². The van der Waals surface area contributed by atoms with E-state index < -0.39 is 11.7 Å². The number of carbonyl (C=O) groups excluding carboxylic acids is 2. The molecule has 7 nitrogen and oxygen atoms in total. The molecule has 122 valence electrons. The maximum atomic E-state index is 12.0. The predicted octanol–water partition coefficient (Wildman–Crippen LogP) is 2.48. The topological polar surface area (TPSA) is 93.2 Å². The minimum atomic E-state index is -0.559. The first-order valence-corrected chi connectivity index (χ1v) is 7.31. The summed E-state index contributed by atoms with van der Waals surface area (Å²) in [5, 5.41) is 14.7. The maximum absolute atomic E-state index is 12.0. The van der Waals surface area contributed by atoms with Crippen LogP contribution in [0.1, 0.15) is 27.2 Å². The number of nitrogens with one attached hydrogen (secondary N) is 2. The van der Waals surface area contributed by atoms with Crippen LogP contribution in [-0.4, -0.2) is 34.3 Å². The summed E-state index contributed by atoms with van der Waals surface area (Å²) in [4.78, 5) is 23.5. The van der Waals surface area contributed by atoms with Gasteiger partial charge in [0.1, 0.15) is 5.60 Å². The highest BCUT2D eigenvalue weighted by Gasteiger charge is 2.16. The minimum Gasteiger partial charge on any atom is -0.444 e. The Bertz CT molecular complexity index is 705. The second-order valence-electron chi connectivity index (χ2n) is 6.02. The molecule has 0 saturated carbocycles. The number of alkyl carbamates (subject to hydrolysis) is 1. The Balaban J connectivity index is 1.86. The van der Waals surface area contributed by atoms with E-state index in [1.807, 2.05) is 12.1 Å². The number of nitrogens with zero attached hydrogens (tertiary/aromatic N) is 2. The number of carbonyl (C=O) groups is 2. The Morgan fingerprint density at radius 1 is 1.17 bits per heavy atom.